The first-order valence-electron chi connectivity index (χ1n) is 7.97. The third-order valence-electron chi connectivity index (χ3n) is 3.53. The zero-order valence-electron chi connectivity index (χ0n) is 14.3. The van der Waals surface area contributed by atoms with Gasteiger partial charge in [-0.15, -0.1) is 0 Å². The molecule has 2 aromatic carbocycles. The minimum Gasteiger partial charge on any atom is -0.489 e. The van der Waals surface area contributed by atoms with Gasteiger partial charge >= 0.3 is 0 Å². The van der Waals surface area contributed by atoms with Crippen molar-refractivity contribution in [1.82, 2.24) is 10.6 Å². The molecule has 0 bridgehead atoms. The highest BCUT2D eigenvalue weighted by atomic mass is 16.5. The fourth-order valence-electron chi connectivity index (χ4n) is 2.25. The van der Waals surface area contributed by atoms with E-state index in [4.69, 9.17) is 4.74 Å². The summed E-state index contributed by atoms with van der Waals surface area (Å²) >= 11 is 0. The molecule has 0 saturated heterocycles. The molecule has 0 spiro atoms. The van der Waals surface area contributed by atoms with Gasteiger partial charge in [0, 0.05) is 31.3 Å². The summed E-state index contributed by atoms with van der Waals surface area (Å²) in [5, 5.41) is 6.02. The lowest BCUT2D eigenvalue weighted by Crippen LogP contribution is -2.18. The molecule has 0 atom stereocenters. The van der Waals surface area contributed by atoms with Gasteiger partial charge < -0.3 is 15.4 Å². The molecule has 1 amide bonds. The summed E-state index contributed by atoms with van der Waals surface area (Å²) in [6.07, 6.45) is 0. The first-order chi connectivity index (χ1) is 11.6. The van der Waals surface area contributed by atoms with Crippen molar-refractivity contribution in [3.63, 3.8) is 0 Å². The van der Waals surface area contributed by atoms with E-state index in [9.17, 15) is 4.79 Å². The van der Waals surface area contributed by atoms with Gasteiger partial charge in [0.25, 0.3) is 5.91 Å². The Morgan fingerprint density at radius 3 is 2.46 bits per heavy atom. The molecule has 2 rings (SSSR count). The van der Waals surface area contributed by atoms with Crippen LogP contribution in [0.1, 0.15) is 28.4 Å². The molecule has 2 N–H and O–H groups in total. The van der Waals surface area contributed by atoms with Gasteiger partial charge in [-0.3, -0.25) is 4.79 Å². The number of para-hydroxylation sites is 1. The van der Waals surface area contributed by atoms with Gasteiger partial charge in [-0.2, -0.15) is 0 Å². The van der Waals surface area contributed by atoms with E-state index in [0.29, 0.717) is 18.7 Å². The van der Waals surface area contributed by atoms with E-state index in [1.54, 1.807) is 7.05 Å². The number of rotatable bonds is 8. The summed E-state index contributed by atoms with van der Waals surface area (Å²) in [5.41, 5.74) is 3.90. The summed E-state index contributed by atoms with van der Waals surface area (Å²) in [5.74, 6) is 0.807. The maximum Gasteiger partial charge on any atom is 0.251 e. The van der Waals surface area contributed by atoms with Crippen LogP contribution in [0.2, 0.25) is 0 Å². The first kappa shape index (κ1) is 17.8. The molecule has 4 heteroatoms. The Labute approximate surface area is 143 Å². The zero-order valence-corrected chi connectivity index (χ0v) is 14.3. The van der Waals surface area contributed by atoms with Crippen molar-refractivity contribution in [1.29, 1.82) is 0 Å². The Morgan fingerprint density at radius 2 is 1.79 bits per heavy atom. The first-order valence-corrected chi connectivity index (χ1v) is 7.97. The molecule has 0 saturated carbocycles. The predicted molar refractivity (Wildman–Crippen MR) is 97.1 cm³/mol. The van der Waals surface area contributed by atoms with Crippen LogP contribution in [0.3, 0.4) is 0 Å². The number of benzene rings is 2. The number of ether oxygens (including phenoxy) is 1. The highest BCUT2D eigenvalue weighted by molar-refractivity contribution is 5.93. The van der Waals surface area contributed by atoms with Crippen molar-refractivity contribution in [3.05, 3.63) is 77.4 Å². The maximum atomic E-state index is 11.5. The molecule has 0 radical (unpaired) electrons. The molecule has 0 aliphatic carbocycles. The standard InChI is InChI=1S/C20H24N2O2/c1-15(2)14-24-19-7-5-4-6-18(19)13-22-12-16-8-10-17(11-9-16)20(23)21-3/h4-11,22H,1,12-14H2,2-3H3,(H,21,23). The van der Waals surface area contributed by atoms with Crippen LogP contribution in [0.25, 0.3) is 0 Å². The van der Waals surface area contributed by atoms with Gasteiger partial charge in [0.2, 0.25) is 0 Å². The smallest absolute Gasteiger partial charge is 0.251 e. The Kier molecular flexibility index (Phi) is 6.58. The van der Waals surface area contributed by atoms with Gasteiger partial charge in [0.15, 0.2) is 0 Å². The third kappa shape index (κ3) is 5.25. The zero-order chi connectivity index (χ0) is 17.4. The van der Waals surface area contributed by atoms with E-state index < -0.39 is 0 Å². The minimum absolute atomic E-state index is 0.0712. The van der Waals surface area contributed by atoms with Crippen molar-refractivity contribution < 1.29 is 9.53 Å². The molecule has 0 heterocycles. The van der Waals surface area contributed by atoms with Crippen LogP contribution >= 0.6 is 0 Å². The monoisotopic (exact) mass is 324 g/mol. The van der Waals surface area contributed by atoms with Gasteiger partial charge in [0.05, 0.1) is 0 Å². The Balaban J connectivity index is 1.90. The van der Waals surface area contributed by atoms with E-state index in [-0.39, 0.29) is 5.91 Å². The molecule has 0 aliphatic rings. The lowest BCUT2D eigenvalue weighted by Gasteiger charge is -2.12. The predicted octanol–water partition coefficient (Wildman–Crippen LogP) is 3.29. The number of nitrogens with one attached hydrogen (secondary N) is 2. The SMILES string of the molecule is C=C(C)COc1ccccc1CNCc1ccc(C(=O)NC)cc1. The third-order valence-corrected chi connectivity index (χ3v) is 3.53. The molecule has 0 unspecified atom stereocenters. The van der Waals surface area contributed by atoms with Crippen LogP contribution in [0.5, 0.6) is 5.75 Å². The fourth-order valence-corrected chi connectivity index (χ4v) is 2.25. The van der Waals surface area contributed by atoms with Gasteiger partial charge in [-0.05, 0) is 36.3 Å². The molecule has 4 nitrogen and oxygen atoms in total. The lowest BCUT2D eigenvalue weighted by molar-refractivity contribution is 0.0963. The van der Waals surface area contributed by atoms with Crippen LogP contribution < -0.4 is 15.4 Å². The largest absolute Gasteiger partial charge is 0.489 e. The topological polar surface area (TPSA) is 50.4 Å². The summed E-state index contributed by atoms with van der Waals surface area (Å²) < 4.78 is 5.77. The average Bonchev–Trinajstić information content (AvgIpc) is 2.60. The van der Waals surface area contributed by atoms with Gasteiger partial charge in [-0.1, -0.05) is 36.9 Å². The van der Waals surface area contributed by atoms with Crippen LogP contribution in [-0.4, -0.2) is 19.6 Å². The molecule has 0 aromatic heterocycles. The average molecular weight is 324 g/mol. The second kappa shape index (κ2) is 8.89. The number of amides is 1. The molecular formula is C20H24N2O2. The molecule has 24 heavy (non-hydrogen) atoms. The second-order valence-corrected chi connectivity index (χ2v) is 5.73. The molecular weight excluding hydrogens is 300 g/mol. The van der Waals surface area contributed by atoms with E-state index in [0.717, 1.165) is 29.0 Å². The van der Waals surface area contributed by atoms with Crippen molar-refractivity contribution >= 4 is 5.91 Å². The lowest BCUT2D eigenvalue weighted by atomic mass is 10.1. The van der Waals surface area contributed by atoms with Crippen LogP contribution in [0, 0.1) is 0 Å². The summed E-state index contributed by atoms with van der Waals surface area (Å²) in [6, 6.07) is 15.6. The van der Waals surface area contributed by atoms with Crippen molar-refractivity contribution in [3.8, 4) is 5.75 Å². The normalized spacial score (nSPS) is 10.2. The summed E-state index contributed by atoms with van der Waals surface area (Å²) in [6.45, 7) is 7.77. The van der Waals surface area contributed by atoms with Crippen LogP contribution in [0.4, 0.5) is 0 Å². The van der Waals surface area contributed by atoms with Crippen LogP contribution in [0.15, 0.2) is 60.7 Å². The van der Waals surface area contributed by atoms with Crippen molar-refractivity contribution in [2.75, 3.05) is 13.7 Å². The van der Waals surface area contributed by atoms with Gasteiger partial charge in [0.1, 0.15) is 12.4 Å². The Morgan fingerprint density at radius 1 is 1.08 bits per heavy atom. The van der Waals surface area contributed by atoms with E-state index in [1.165, 1.54) is 0 Å². The summed E-state index contributed by atoms with van der Waals surface area (Å²) in [7, 11) is 1.63. The second-order valence-electron chi connectivity index (χ2n) is 5.73. The van der Waals surface area contributed by atoms with Crippen LogP contribution in [-0.2, 0) is 13.1 Å². The molecule has 2 aromatic rings. The number of hydrogen-bond donors (Lipinski definition) is 2. The maximum absolute atomic E-state index is 11.5. The minimum atomic E-state index is -0.0712. The Bertz CT molecular complexity index is 693. The molecule has 0 fully saturated rings. The number of carbonyl (C=O) groups excluding carboxylic acids is 1. The highest BCUT2D eigenvalue weighted by Gasteiger charge is 2.04. The highest BCUT2D eigenvalue weighted by Crippen LogP contribution is 2.18. The fraction of sp³-hybridized carbons (Fsp3) is 0.250. The molecule has 126 valence electrons. The number of hydrogen-bond acceptors (Lipinski definition) is 3. The quantitative estimate of drug-likeness (QED) is 0.733. The van der Waals surface area contributed by atoms with E-state index in [2.05, 4.69) is 23.3 Å². The van der Waals surface area contributed by atoms with Gasteiger partial charge in [-0.25, -0.2) is 0 Å². The van der Waals surface area contributed by atoms with Crippen molar-refractivity contribution in [2.45, 2.75) is 20.0 Å². The van der Waals surface area contributed by atoms with E-state index >= 15 is 0 Å². The molecule has 0 aliphatic heterocycles. The summed E-state index contributed by atoms with van der Waals surface area (Å²) in [4.78, 5) is 11.5. The number of carbonyl (C=O) groups is 1. The Hall–Kier alpha value is -2.59. The van der Waals surface area contributed by atoms with E-state index in [1.807, 2.05) is 49.4 Å². The van der Waals surface area contributed by atoms with Crippen molar-refractivity contribution in [2.24, 2.45) is 0 Å².